The molecular weight excluding hydrogens is 1040 g/mol. The number of nitrogens with zero attached hydrogens (tertiary/aromatic N) is 10. The number of benzene rings is 2. The van der Waals surface area contributed by atoms with Crippen LogP contribution in [-0.2, 0) is 30.5 Å². The molecule has 24 nitrogen and oxygen atoms in total. The third-order valence-corrected chi connectivity index (χ3v) is 16.8. The molecule has 2 aromatic carbocycles. The Balaban J connectivity index is 0.874. The molecule has 440 valence electrons. The SMILES string of the molecule is COc1cccc(OC)c1-c1cc(C(=O)NC2(C(=O)O)C3CC4CC(C3)CC2C4)nn1-c1ccc(-c2cn(CCCN(C)CCCNC(=O)CN3CCN(CC(=O)O)CCN(CC(=O)O)CCN(CC(=O)O)CC3)nn2)cc1C(C)C. The number of aryl methyl sites for hydroxylation is 1. The van der Waals surface area contributed by atoms with Gasteiger partial charge in [-0.3, -0.25) is 48.3 Å². The fourth-order valence-electron chi connectivity index (χ4n) is 12.9. The van der Waals surface area contributed by atoms with Gasteiger partial charge in [-0.1, -0.05) is 31.2 Å². The summed E-state index contributed by atoms with van der Waals surface area (Å²) >= 11 is 0. The summed E-state index contributed by atoms with van der Waals surface area (Å²) in [5.74, 6) is -3.01. The molecule has 2 aromatic heterocycles. The number of carboxylic acids is 4. The van der Waals surface area contributed by atoms with E-state index in [1.807, 2.05) is 53.2 Å². The van der Waals surface area contributed by atoms with Crippen LogP contribution in [0.4, 0.5) is 0 Å². The lowest BCUT2D eigenvalue weighted by Gasteiger charge is -2.59. The van der Waals surface area contributed by atoms with Crippen molar-refractivity contribution in [1.82, 2.24) is 59.9 Å². The molecule has 5 aliphatic rings. The number of aromatic nitrogens is 5. The molecule has 4 aromatic rings. The number of methoxy groups -OCH3 is 2. The maximum Gasteiger partial charge on any atom is 0.330 e. The minimum Gasteiger partial charge on any atom is -0.496 e. The van der Waals surface area contributed by atoms with Gasteiger partial charge in [0, 0.05) is 71.0 Å². The summed E-state index contributed by atoms with van der Waals surface area (Å²) in [4.78, 5) is 85.1. The van der Waals surface area contributed by atoms with Crippen molar-refractivity contribution >= 4 is 35.7 Å². The quantitative estimate of drug-likeness (QED) is 0.0519. The smallest absolute Gasteiger partial charge is 0.330 e. The number of rotatable bonds is 25. The molecule has 4 bridgehead atoms. The van der Waals surface area contributed by atoms with Crippen LogP contribution in [0.5, 0.6) is 11.5 Å². The first-order valence-electron chi connectivity index (χ1n) is 28.3. The molecule has 3 heterocycles. The van der Waals surface area contributed by atoms with Gasteiger partial charge in [0.05, 0.1) is 63.5 Å². The number of aliphatic carboxylic acids is 4. The maximum atomic E-state index is 14.5. The summed E-state index contributed by atoms with van der Waals surface area (Å²) in [5, 5.41) is 59.4. The van der Waals surface area contributed by atoms with E-state index in [0.717, 1.165) is 62.7 Å². The van der Waals surface area contributed by atoms with E-state index in [9.17, 15) is 49.2 Å². The van der Waals surface area contributed by atoms with Crippen LogP contribution in [-0.4, -0.2) is 230 Å². The monoisotopic (exact) mass is 1120 g/mol. The van der Waals surface area contributed by atoms with Crippen LogP contribution >= 0.6 is 0 Å². The second kappa shape index (κ2) is 27.2. The number of ether oxygens (including phenoxy) is 2. The van der Waals surface area contributed by atoms with Crippen molar-refractivity contribution in [2.45, 2.75) is 76.8 Å². The van der Waals surface area contributed by atoms with Crippen LogP contribution in [0.3, 0.4) is 0 Å². The first kappa shape index (κ1) is 60.1. The van der Waals surface area contributed by atoms with E-state index in [-0.39, 0.29) is 55.5 Å². The lowest BCUT2D eigenvalue weighted by Crippen LogP contribution is -2.70. The van der Waals surface area contributed by atoms with Crippen molar-refractivity contribution in [3.63, 3.8) is 0 Å². The van der Waals surface area contributed by atoms with Crippen molar-refractivity contribution in [2.75, 3.05) is 119 Å². The standard InChI is InChI=1S/C57H80N12O12/c1-37(2)43-30-40(11-12-46(43)69-47(54-48(80-4)9-6-10-49(54)81-5)31-44(61-69)55(77)59-57(56(78)79)41-26-38-25-39(28-41)29-42(57)27-38)45-32-68(62-60-45)16-8-15-63(3)14-7-13-58-50(70)33-64-17-19-65(34-51(71)72)21-23-67(36-53(75)76)24-22-66(20-18-64)35-52(73)74/h6,9-12,30-32,37-39,41-42H,7-8,13-29,33-36H2,1-5H3,(H,58,70)(H,59,77)(H,71,72)(H,73,74)(H,75,76)(H,78,79). The molecule has 81 heavy (non-hydrogen) atoms. The van der Waals surface area contributed by atoms with Gasteiger partial charge >= 0.3 is 23.9 Å². The topological polar surface area (TPSA) is 291 Å². The van der Waals surface area contributed by atoms with Crippen molar-refractivity contribution in [3.05, 3.63) is 59.9 Å². The summed E-state index contributed by atoms with van der Waals surface area (Å²) < 4.78 is 15.3. The Labute approximate surface area is 472 Å². The molecule has 0 unspecified atom stereocenters. The molecule has 24 heteroatoms. The molecule has 1 saturated heterocycles. The highest BCUT2D eigenvalue weighted by molar-refractivity contribution is 5.98. The molecule has 0 atom stereocenters. The second-order valence-electron chi connectivity index (χ2n) is 22.7. The van der Waals surface area contributed by atoms with Gasteiger partial charge in [-0.05, 0) is 131 Å². The van der Waals surface area contributed by atoms with Crippen LogP contribution < -0.4 is 20.1 Å². The van der Waals surface area contributed by atoms with Gasteiger partial charge in [0.1, 0.15) is 22.7 Å². The highest BCUT2D eigenvalue weighted by Crippen LogP contribution is 2.58. The zero-order valence-corrected chi connectivity index (χ0v) is 47.3. The number of carbonyl (C=O) groups is 6. The summed E-state index contributed by atoms with van der Waals surface area (Å²) in [6, 6.07) is 13.1. The van der Waals surface area contributed by atoms with E-state index in [0.29, 0.717) is 118 Å². The Kier molecular flexibility index (Phi) is 20.2. The zero-order valence-electron chi connectivity index (χ0n) is 47.3. The van der Waals surface area contributed by atoms with Crippen molar-refractivity contribution < 1.29 is 58.7 Å². The minimum absolute atomic E-state index is 0.0109. The normalized spacial score (nSPS) is 22.1. The zero-order chi connectivity index (χ0) is 58.0. The minimum atomic E-state index is -1.36. The van der Waals surface area contributed by atoms with Gasteiger partial charge < -0.3 is 45.4 Å². The Morgan fingerprint density at radius 1 is 0.716 bits per heavy atom. The van der Waals surface area contributed by atoms with Gasteiger partial charge in [0.25, 0.3) is 5.91 Å². The summed E-state index contributed by atoms with van der Waals surface area (Å²) in [7, 11) is 5.16. The fourth-order valence-corrected chi connectivity index (χ4v) is 12.9. The number of carboxylic acid groups (broad SMARTS) is 4. The van der Waals surface area contributed by atoms with E-state index in [1.54, 1.807) is 39.7 Å². The molecule has 4 aliphatic carbocycles. The van der Waals surface area contributed by atoms with E-state index < -0.39 is 35.3 Å². The summed E-state index contributed by atoms with van der Waals surface area (Å²) in [6.07, 6.45) is 7.74. The molecule has 1 aliphatic heterocycles. The largest absolute Gasteiger partial charge is 0.496 e. The van der Waals surface area contributed by atoms with Gasteiger partial charge in [0.2, 0.25) is 5.91 Å². The maximum absolute atomic E-state index is 14.5. The molecule has 5 fully saturated rings. The Morgan fingerprint density at radius 3 is 1.75 bits per heavy atom. The predicted molar refractivity (Wildman–Crippen MR) is 298 cm³/mol. The average Bonchev–Trinajstić information content (AvgIpc) is 4.08. The van der Waals surface area contributed by atoms with E-state index in [2.05, 4.69) is 45.8 Å². The average molecular weight is 1130 g/mol. The first-order valence-corrected chi connectivity index (χ1v) is 28.3. The predicted octanol–water partition coefficient (Wildman–Crippen LogP) is 3.25. The number of hydrogen-bond donors (Lipinski definition) is 6. The highest BCUT2D eigenvalue weighted by atomic mass is 16.5. The van der Waals surface area contributed by atoms with Crippen molar-refractivity contribution in [2.24, 2.45) is 23.7 Å². The third-order valence-electron chi connectivity index (χ3n) is 16.8. The lowest BCUT2D eigenvalue weighted by molar-refractivity contribution is -0.163. The Bertz CT molecular complexity index is 2790. The van der Waals surface area contributed by atoms with Crippen molar-refractivity contribution in [1.29, 1.82) is 0 Å². The van der Waals surface area contributed by atoms with Gasteiger partial charge in [-0.2, -0.15) is 5.10 Å². The second-order valence-corrected chi connectivity index (χ2v) is 22.7. The molecule has 6 N–H and O–H groups in total. The molecule has 0 spiro atoms. The molecular formula is C57H80N12O12. The van der Waals surface area contributed by atoms with Crippen LogP contribution in [0, 0.1) is 23.7 Å². The molecule has 0 radical (unpaired) electrons. The van der Waals surface area contributed by atoms with E-state index in [4.69, 9.17) is 14.6 Å². The lowest BCUT2D eigenvalue weighted by atomic mass is 9.48. The van der Waals surface area contributed by atoms with Crippen molar-refractivity contribution in [3.8, 4) is 39.7 Å². The molecule has 9 rings (SSSR count). The Morgan fingerprint density at radius 2 is 1.25 bits per heavy atom. The van der Waals surface area contributed by atoms with Crippen LogP contribution in [0.15, 0.2) is 48.7 Å². The highest BCUT2D eigenvalue weighted by Gasteiger charge is 2.62. The molecule has 2 amide bonds. The van der Waals surface area contributed by atoms with Crippen LogP contribution in [0.1, 0.15) is 80.8 Å². The van der Waals surface area contributed by atoms with Crippen LogP contribution in [0.2, 0.25) is 0 Å². The number of amides is 2. The van der Waals surface area contributed by atoms with Crippen LogP contribution in [0.25, 0.3) is 28.2 Å². The van der Waals surface area contributed by atoms with Gasteiger partial charge in [-0.25, -0.2) is 9.48 Å². The summed E-state index contributed by atoms with van der Waals surface area (Å²) in [6.45, 7) is 8.60. The fraction of sp³-hybridized carbons (Fsp3) is 0.596. The Hall–Kier alpha value is -6.99. The van der Waals surface area contributed by atoms with E-state index >= 15 is 0 Å². The number of hydrogen-bond acceptors (Lipinski definition) is 16. The van der Waals surface area contributed by atoms with Gasteiger partial charge in [0.15, 0.2) is 5.69 Å². The number of nitrogens with one attached hydrogen (secondary N) is 2. The molecule has 4 saturated carbocycles. The third kappa shape index (κ3) is 14.9. The first-order chi connectivity index (χ1) is 38.8. The van der Waals surface area contributed by atoms with E-state index in [1.165, 1.54) is 0 Å². The number of carbonyl (C=O) groups excluding carboxylic acids is 2. The summed E-state index contributed by atoms with van der Waals surface area (Å²) in [5.41, 5.74) is 3.00. The van der Waals surface area contributed by atoms with Gasteiger partial charge in [-0.15, -0.1) is 5.10 Å².